The van der Waals surface area contributed by atoms with Crippen molar-refractivity contribution in [3.63, 3.8) is 0 Å². The van der Waals surface area contributed by atoms with Gasteiger partial charge in [-0.15, -0.1) is 0 Å². The number of rotatable bonds is 6. The second-order valence-electron chi connectivity index (χ2n) is 5.77. The average Bonchev–Trinajstić information content (AvgIpc) is 2.71. The van der Waals surface area contributed by atoms with E-state index in [1.54, 1.807) is 66.7 Å². The molecule has 136 valence electrons. The number of esters is 2. The first-order valence-electron chi connectivity index (χ1n) is 8.41. The van der Waals surface area contributed by atoms with E-state index < -0.39 is 5.97 Å². The molecule has 0 aliphatic carbocycles. The van der Waals surface area contributed by atoms with Gasteiger partial charge in [0, 0.05) is 6.42 Å². The average molecular weight is 381 g/mol. The molecule has 3 aromatic rings. The monoisotopic (exact) mass is 380 g/mol. The van der Waals surface area contributed by atoms with Crippen LogP contribution in [0, 0.1) is 0 Å². The van der Waals surface area contributed by atoms with Crippen molar-refractivity contribution >= 4 is 23.5 Å². The third kappa shape index (κ3) is 5.19. The van der Waals surface area contributed by atoms with E-state index in [2.05, 4.69) is 0 Å². The highest BCUT2D eigenvalue weighted by molar-refractivity contribution is 6.32. The first-order chi connectivity index (χ1) is 13.1. The second-order valence-corrected chi connectivity index (χ2v) is 6.18. The molecule has 0 aliphatic rings. The molecule has 0 saturated heterocycles. The van der Waals surface area contributed by atoms with E-state index in [0.29, 0.717) is 22.6 Å². The van der Waals surface area contributed by atoms with Crippen LogP contribution in [0.1, 0.15) is 26.3 Å². The minimum absolute atomic E-state index is 0.229. The molecule has 3 rings (SSSR count). The topological polar surface area (TPSA) is 52.6 Å². The van der Waals surface area contributed by atoms with E-state index in [0.717, 1.165) is 5.56 Å². The Morgan fingerprint density at radius 1 is 0.778 bits per heavy atom. The Balaban J connectivity index is 1.55. The minimum atomic E-state index is -0.470. The summed E-state index contributed by atoms with van der Waals surface area (Å²) in [6, 6.07) is 22.6. The molecule has 27 heavy (non-hydrogen) atoms. The lowest BCUT2D eigenvalue weighted by Gasteiger charge is -2.09. The Morgan fingerprint density at radius 3 is 1.96 bits per heavy atom. The molecular formula is C22H17ClO4. The third-order valence-electron chi connectivity index (χ3n) is 3.84. The van der Waals surface area contributed by atoms with Crippen molar-refractivity contribution in [2.24, 2.45) is 0 Å². The van der Waals surface area contributed by atoms with Gasteiger partial charge in [0.2, 0.25) is 0 Å². The minimum Gasteiger partial charge on any atom is -0.462 e. The highest BCUT2D eigenvalue weighted by Crippen LogP contribution is 2.26. The van der Waals surface area contributed by atoms with Gasteiger partial charge in [0.25, 0.3) is 0 Å². The number of carbonyl (C=O) groups is 2. The van der Waals surface area contributed by atoms with Gasteiger partial charge in [-0.3, -0.25) is 0 Å². The van der Waals surface area contributed by atoms with Crippen LogP contribution in [-0.4, -0.2) is 18.5 Å². The standard InChI is InChI=1S/C22H17ClO4/c23-19-15-16(13-14-26-21(24)17-7-3-1-4-8-17)11-12-20(19)27-22(25)18-9-5-2-6-10-18/h1-12,15H,13-14H2. The van der Waals surface area contributed by atoms with Gasteiger partial charge in [-0.1, -0.05) is 54.1 Å². The fraction of sp³-hybridized carbons (Fsp3) is 0.0909. The van der Waals surface area contributed by atoms with Gasteiger partial charge in [-0.05, 0) is 42.0 Å². The van der Waals surface area contributed by atoms with E-state index in [9.17, 15) is 9.59 Å². The van der Waals surface area contributed by atoms with Crippen LogP contribution < -0.4 is 4.74 Å². The Hall–Kier alpha value is -3.11. The molecule has 0 spiro atoms. The Morgan fingerprint density at radius 2 is 1.37 bits per heavy atom. The van der Waals surface area contributed by atoms with Gasteiger partial charge in [0.15, 0.2) is 0 Å². The van der Waals surface area contributed by atoms with Crippen molar-refractivity contribution < 1.29 is 19.1 Å². The second kappa shape index (κ2) is 9.01. The molecule has 4 nitrogen and oxygen atoms in total. The molecule has 0 aromatic heterocycles. The molecule has 0 radical (unpaired) electrons. The van der Waals surface area contributed by atoms with Crippen LogP contribution in [0.25, 0.3) is 0 Å². The smallest absolute Gasteiger partial charge is 0.343 e. The van der Waals surface area contributed by atoms with Crippen molar-refractivity contribution in [3.8, 4) is 5.75 Å². The van der Waals surface area contributed by atoms with Gasteiger partial charge < -0.3 is 9.47 Å². The highest BCUT2D eigenvalue weighted by atomic mass is 35.5. The Kier molecular flexibility index (Phi) is 6.23. The summed E-state index contributed by atoms with van der Waals surface area (Å²) in [5.41, 5.74) is 1.84. The molecule has 5 heteroatoms. The first-order valence-corrected chi connectivity index (χ1v) is 8.79. The molecular weight excluding hydrogens is 364 g/mol. The molecule has 3 aromatic carbocycles. The summed E-state index contributed by atoms with van der Waals surface area (Å²) in [5, 5.41) is 0.325. The Labute approximate surface area is 162 Å². The number of carbonyl (C=O) groups excluding carboxylic acids is 2. The SMILES string of the molecule is O=C(OCCc1ccc(OC(=O)c2ccccc2)c(Cl)c1)c1ccccc1. The molecule has 0 atom stereocenters. The van der Waals surface area contributed by atoms with Gasteiger partial charge in [0.1, 0.15) is 5.75 Å². The van der Waals surface area contributed by atoms with Crippen LogP contribution in [-0.2, 0) is 11.2 Å². The maximum atomic E-state index is 12.1. The highest BCUT2D eigenvalue weighted by Gasteiger charge is 2.11. The van der Waals surface area contributed by atoms with Crippen LogP contribution in [0.4, 0.5) is 0 Å². The summed E-state index contributed by atoms with van der Waals surface area (Å²) in [7, 11) is 0. The first kappa shape index (κ1) is 18.7. The zero-order valence-corrected chi connectivity index (χ0v) is 15.2. The quantitative estimate of drug-likeness (QED) is 0.448. The number of halogens is 1. The van der Waals surface area contributed by atoms with Crippen LogP contribution in [0.15, 0.2) is 78.9 Å². The fourth-order valence-electron chi connectivity index (χ4n) is 2.43. The Bertz CT molecular complexity index is 924. The molecule has 0 saturated carbocycles. The van der Waals surface area contributed by atoms with Crippen LogP contribution in [0.3, 0.4) is 0 Å². The molecule has 0 heterocycles. The molecule has 0 fully saturated rings. The molecule has 0 N–H and O–H groups in total. The van der Waals surface area contributed by atoms with E-state index in [-0.39, 0.29) is 18.3 Å². The predicted octanol–water partition coefficient (Wildman–Crippen LogP) is 4.96. The summed E-state index contributed by atoms with van der Waals surface area (Å²) in [6.07, 6.45) is 0.505. The van der Waals surface area contributed by atoms with E-state index in [4.69, 9.17) is 21.1 Å². The van der Waals surface area contributed by atoms with Crippen LogP contribution in [0.2, 0.25) is 5.02 Å². The summed E-state index contributed by atoms with van der Waals surface area (Å²) in [4.78, 5) is 24.0. The van der Waals surface area contributed by atoms with Crippen molar-refractivity contribution in [1.29, 1.82) is 0 Å². The largest absolute Gasteiger partial charge is 0.462 e. The maximum Gasteiger partial charge on any atom is 0.343 e. The van der Waals surface area contributed by atoms with Gasteiger partial charge in [0.05, 0.1) is 22.8 Å². The van der Waals surface area contributed by atoms with E-state index in [1.807, 2.05) is 12.1 Å². The maximum absolute atomic E-state index is 12.1. The number of hydrogen-bond acceptors (Lipinski definition) is 4. The summed E-state index contributed by atoms with van der Waals surface area (Å²) in [6.45, 7) is 0.229. The number of benzene rings is 3. The van der Waals surface area contributed by atoms with E-state index in [1.165, 1.54) is 0 Å². The molecule has 0 amide bonds. The number of ether oxygens (including phenoxy) is 2. The summed E-state index contributed by atoms with van der Waals surface area (Å²) < 4.78 is 10.6. The van der Waals surface area contributed by atoms with Crippen LogP contribution >= 0.6 is 11.6 Å². The number of hydrogen-bond donors (Lipinski definition) is 0. The summed E-state index contributed by atoms with van der Waals surface area (Å²) >= 11 is 6.21. The molecule has 0 aliphatic heterocycles. The van der Waals surface area contributed by atoms with Crippen LogP contribution in [0.5, 0.6) is 5.75 Å². The van der Waals surface area contributed by atoms with Gasteiger partial charge >= 0.3 is 11.9 Å². The third-order valence-corrected chi connectivity index (χ3v) is 4.14. The molecule has 0 unspecified atom stereocenters. The normalized spacial score (nSPS) is 10.3. The van der Waals surface area contributed by atoms with Gasteiger partial charge in [-0.2, -0.15) is 0 Å². The van der Waals surface area contributed by atoms with Crippen molar-refractivity contribution in [1.82, 2.24) is 0 Å². The van der Waals surface area contributed by atoms with E-state index >= 15 is 0 Å². The zero-order chi connectivity index (χ0) is 19.1. The van der Waals surface area contributed by atoms with Crippen molar-refractivity contribution in [2.75, 3.05) is 6.61 Å². The fourth-order valence-corrected chi connectivity index (χ4v) is 2.68. The predicted molar refractivity (Wildman–Crippen MR) is 103 cm³/mol. The summed E-state index contributed by atoms with van der Waals surface area (Å²) in [5.74, 6) is -0.548. The van der Waals surface area contributed by atoms with Gasteiger partial charge in [-0.25, -0.2) is 9.59 Å². The van der Waals surface area contributed by atoms with Crippen molar-refractivity contribution in [2.45, 2.75) is 6.42 Å². The lowest BCUT2D eigenvalue weighted by molar-refractivity contribution is 0.0508. The lowest BCUT2D eigenvalue weighted by Crippen LogP contribution is -2.09. The van der Waals surface area contributed by atoms with Crippen molar-refractivity contribution in [3.05, 3.63) is 101 Å². The lowest BCUT2D eigenvalue weighted by atomic mass is 10.1. The zero-order valence-electron chi connectivity index (χ0n) is 14.4. The molecule has 0 bridgehead atoms.